The molecule has 5 nitrogen and oxygen atoms in total. The van der Waals surface area contributed by atoms with Gasteiger partial charge in [0.15, 0.2) is 5.82 Å². The van der Waals surface area contributed by atoms with Crippen LogP contribution in [0.15, 0.2) is 24.3 Å². The van der Waals surface area contributed by atoms with E-state index in [1.807, 2.05) is 18.2 Å². The molecule has 0 aliphatic carbocycles. The van der Waals surface area contributed by atoms with Gasteiger partial charge in [0.25, 0.3) is 0 Å². The Morgan fingerprint density at radius 1 is 1.30 bits per heavy atom. The molecule has 0 radical (unpaired) electrons. The Morgan fingerprint density at radius 2 is 2.00 bits per heavy atom. The van der Waals surface area contributed by atoms with Crippen molar-refractivity contribution in [3.05, 3.63) is 51.7 Å². The van der Waals surface area contributed by atoms with Crippen LogP contribution in [-0.4, -0.2) is 21.3 Å². The molecular formula is C14H14ClN3O2. The summed E-state index contributed by atoms with van der Waals surface area (Å²) < 4.78 is 0. The average Bonchev–Trinajstić information content (AvgIpc) is 2.41. The van der Waals surface area contributed by atoms with E-state index in [4.69, 9.17) is 11.6 Å². The third kappa shape index (κ3) is 2.88. The van der Waals surface area contributed by atoms with Crippen molar-refractivity contribution in [2.75, 3.05) is 5.32 Å². The number of hydrogen-bond donors (Lipinski definition) is 2. The molecule has 1 aromatic heterocycles. The molecular weight excluding hydrogens is 278 g/mol. The van der Waals surface area contributed by atoms with Crippen LogP contribution in [0.3, 0.4) is 0 Å². The molecule has 0 unspecified atom stereocenters. The third-order valence-corrected chi connectivity index (χ3v) is 3.44. The molecule has 0 spiro atoms. The van der Waals surface area contributed by atoms with Crippen LogP contribution in [0.5, 0.6) is 0 Å². The lowest BCUT2D eigenvalue weighted by Gasteiger charge is -2.11. The Bertz CT molecular complexity index is 659. The Labute approximate surface area is 121 Å². The van der Waals surface area contributed by atoms with Crippen LogP contribution in [0, 0.1) is 13.8 Å². The van der Waals surface area contributed by atoms with Crippen molar-refractivity contribution in [2.24, 2.45) is 0 Å². The molecule has 104 valence electrons. The zero-order chi connectivity index (χ0) is 14.7. The predicted octanol–water partition coefficient (Wildman–Crippen LogP) is 3.06. The number of nitrogens with one attached hydrogen (secondary N) is 1. The highest BCUT2D eigenvalue weighted by Crippen LogP contribution is 2.21. The minimum absolute atomic E-state index is 0.143. The highest BCUT2D eigenvalue weighted by molar-refractivity contribution is 6.31. The van der Waals surface area contributed by atoms with E-state index in [9.17, 15) is 9.90 Å². The lowest BCUT2D eigenvalue weighted by molar-refractivity contribution is 0.0696. The standard InChI is InChI=1S/C14H14ClN3O2/c1-8-9(2)17-18-13(12(8)14(19)20)16-7-10-5-3-4-6-11(10)15/h3-6H,7H2,1-2H3,(H,16,18)(H,19,20). The summed E-state index contributed by atoms with van der Waals surface area (Å²) in [6.45, 7) is 3.83. The number of aromatic nitrogens is 2. The first kappa shape index (κ1) is 14.3. The summed E-state index contributed by atoms with van der Waals surface area (Å²) in [4.78, 5) is 11.3. The van der Waals surface area contributed by atoms with Crippen LogP contribution in [-0.2, 0) is 6.54 Å². The van der Waals surface area contributed by atoms with E-state index in [1.54, 1.807) is 19.9 Å². The number of rotatable bonds is 4. The highest BCUT2D eigenvalue weighted by atomic mass is 35.5. The van der Waals surface area contributed by atoms with Gasteiger partial charge in [0.2, 0.25) is 0 Å². The van der Waals surface area contributed by atoms with Crippen molar-refractivity contribution < 1.29 is 9.90 Å². The van der Waals surface area contributed by atoms with Gasteiger partial charge in [-0.25, -0.2) is 4.79 Å². The molecule has 6 heteroatoms. The van der Waals surface area contributed by atoms with Crippen molar-refractivity contribution in [1.82, 2.24) is 10.2 Å². The van der Waals surface area contributed by atoms with E-state index in [-0.39, 0.29) is 11.4 Å². The van der Waals surface area contributed by atoms with E-state index in [1.165, 1.54) is 0 Å². The lowest BCUT2D eigenvalue weighted by atomic mass is 10.1. The molecule has 1 aromatic carbocycles. The lowest BCUT2D eigenvalue weighted by Crippen LogP contribution is -2.13. The third-order valence-electron chi connectivity index (χ3n) is 3.07. The molecule has 0 saturated heterocycles. The van der Waals surface area contributed by atoms with Crippen molar-refractivity contribution in [1.29, 1.82) is 0 Å². The van der Waals surface area contributed by atoms with Crippen LogP contribution < -0.4 is 5.32 Å². The normalized spacial score (nSPS) is 10.3. The van der Waals surface area contributed by atoms with E-state index in [2.05, 4.69) is 15.5 Å². The second kappa shape index (κ2) is 5.88. The molecule has 0 saturated carbocycles. The second-order valence-electron chi connectivity index (χ2n) is 4.38. The quantitative estimate of drug-likeness (QED) is 0.905. The van der Waals surface area contributed by atoms with Crippen molar-refractivity contribution in [3.63, 3.8) is 0 Å². The summed E-state index contributed by atoms with van der Waals surface area (Å²) in [5.41, 5.74) is 2.22. The molecule has 0 aliphatic heterocycles. The van der Waals surface area contributed by atoms with E-state index >= 15 is 0 Å². The van der Waals surface area contributed by atoms with E-state index in [0.29, 0.717) is 22.8 Å². The molecule has 2 aromatic rings. The number of carbonyl (C=O) groups is 1. The number of aromatic carboxylic acids is 1. The summed E-state index contributed by atoms with van der Waals surface area (Å²) in [6, 6.07) is 7.35. The van der Waals surface area contributed by atoms with E-state index in [0.717, 1.165) is 5.56 Å². The second-order valence-corrected chi connectivity index (χ2v) is 4.79. The molecule has 0 bridgehead atoms. The minimum Gasteiger partial charge on any atom is -0.478 e. The Morgan fingerprint density at radius 3 is 2.65 bits per heavy atom. The fraction of sp³-hybridized carbons (Fsp3) is 0.214. The van der Waals surface area contributed by atoms with Gasteiger partial charge in [0.1, 0.15) is 5.56 Å². The monoisotopic (exact) mass is 291 g/mol. The maximum Gasteiger partial charge on any atom is 0.339 e. The van der Waals surface area contributed by atoms with Gasteiger partial charge < -0.3 is 10.4 Å². The molecule has 0 aliphatic rings. The van der Waals surface area contributed by atoms with Crippen LogP contribution in [0.25, 0.3) is 0 Å². The van der Waals surface area contributed by atoms with Gasteiger partial charge in [-0.05, 0) is 31.0 Å². The summed E-state index contributed by atoms with van der Waals surface area (Å²) >= 11 is 6.06. The molecule has 2 N–H and O–H groups in total. The van der Waals surface area contributed by atoms with Gasteiger partial charge in [-0.3, -0.25) is 0 Å². The molecule has 2 rings (SSSR count). The molecule has 1 heterocycles. The first-order valence-corrected chi connectivity index (χ1v) is 6.43. The number of carboxylic acid groups (broad SMARTS) is 1. The first-order chi connectivity index (χ1) is 9.50. The topological polar surface area (TPSA) is 75.1 Å². The maximum absolute atomic E-state index is 11.3. The summed E-state index contributed by atoms with van der Waals surface area (Å²) in [7, 11) is 0. The SMILES string of the molecule is Cc1nnc(NCc2ccccc2Cl)c(C(=O)O)c1C. The van der Waals surface area contributed by atoms with Gasteiger partial charge in [-0.15, -0.1) is 5.10 Å². The first-order valence-electron chi connectivity index (χ1n) is 6.05. The molecule has 0 amide bonds. The average molecular weight is 292 g/mol. The fourth-order valence-electron chi connectivity index (χ4n) is 1.81. The Kier molecular flexibility index (Phi) is 4.20. The summed E-state index contributed by atoms with van der Waals surface area (Å²) in [6.07, 6.45) is 0. The number of benzene rings is 1. The van der Waals surface area contributed by atoms with Crippen molar-refractivity contribution in [3.8, 4) is 0 Å². The number of carboxylic acids is 1. The fourth-order valence-corrected chi connectivity index (χ4v) is 2.02. The van der Waals surface area contributed by atoms with Gasteiger partial charge in [0, 0.05) is 11.6 Å². The zero-order valence-electron chi connectivity index (χ0n) is 11.1. The van der Waals surface area contributed by atoms with Gasteiger partial charge >= 0.3 is 5.97 Å². The van der Waals surface area contributed by atoms with Crippen LogP contribution >= 0.6 is 11.6 Å². The number of hydrogen-bond acceptors (Lipinski definition) is 4. The van der Waals surface area contributed by atoms with Gasteiger partial charge in [-0.1, -0.05) is 29.8 Å². The van der Waals surface area contributed by atoms with Crippen LogP contribution in [0.4, 0.5) is 5.82 Å². The summed E-state index contributed by atoms with van der Waals surface area (Å²) in [5, 5.41) is 20.8. The molecule has 0 fully saturated rings. The van der Waals surface area contributed by atoms with Crippen molar-refractivity contribution in [2.45, 2.75) is 20.4 Å². The van der Waals surface area contributed by atoms with Crippen LogP contribution in [0.2, 0.25) is 5.02 Å². The molecule has 0 atom stereocenters. The number of anilines is 1. The Hall–Kier alpha value is -2.14. The number of nitrogens with zero attached hydrogens (tertiary/aromatic N) is 2. The largest absolute Gasteiger partial charge is 0.478 e. The van der Waals surface area contributed by atoms with Crippen LogP contribution in [0.1, 0.15) is 27.2 Å². The van der Waals surface area contributed by atoms with Gasteiger partial charge in [-0.2, -0.15) is 5.10 Å². The minimum atomic E-state index is -1.03. The maximum atomic E-state index is 11.3. The Balaban J connectivity index is 2.29. The smallest absolute Gasteiger partial charge is 0.339 e. The van der Waals surface area contributed by atoms with E-state index < -0.39 is 5.97 Å². The zero-order valence-corrected chi connectivity index (χ0v) is 11.9. The number of aryl methyl sites for hydroxylation is 1. The predicted molar refractivity (Wildman–Crippen MR) is 77.2 cm³/mol. The number of halogens is 1. The van der Waals surface area contributed by atoms with Gasteiger partial charge in [0.05, 0.1) is 5.69 Å². The van der Waals surface area contributed by atoms with Crippen molar-refractivity contribution >= 4 is 23.4 Å². The molecule has 20 heavy (non-hydrogen) atoms. The highest BCUT2D eigenvalue weighted by Gasteiger charge is 2.17. The summed E-state index contributed by atoms with van der Waals surface area (Å²) in [5.74, 6) is -0.775.